The van der Waals surface area contributed by atoms with Gasteiger partial charge >= 0.3 is 0 Å². The molecule has 0 spiro atoms. The van der Waals surface area contributed by atoms with Crippen molar-refractivity contribution in [2.45, 2.75) is 66.8 Å². The molecule has 0 aliphatic rings. The molecule has 0 atom stereocenters. The number of halogens is 2. The molecule has 0 aliphatic carbocycles. The van der Waals surface area contributed by atoms with Gasteiger partial charge in [0.2, 0.25) is 0 Å². The second kappa shape index (κ2) is 9.62. The Hall–Kier alpha value is -2.50. The van der Waals surface area contributed by atoms with Crippen LogP contribution in [-0.2, 0) is 6.54 Å². The van der Waals surface area contributed by atoms with Gasteiger partial charge in [0, 0.05) is 23.4 Å². The van der Waals surface area contributed by atoms with Gasteiger partial charge in [0.25, 0.3) is 0 Å². The van der Waals surface area contributed by atoms with E-state index in [1.54, 1.807) is 20.8 Å². The molecule has 1 N–H and O–H groups in total. The van der Waals surface area contributed by atoms with Gasteiger partial charge in [0.05, 0.1) is 18.1 Å². The van der Waals surface area contributed by atoms with E-state index in [4.69, 9.17) is 0 Å². The lowest BCUT2D eigenvalue weighted by Gasteiger charge is -2.08. The minimum atomic E-state index is -0.442. The maximum Gasteiger partial charge on any atom is 0.129 e. The van der Waals surface area contributed by atoms with E-state index in [1.165, 1.54) is 30.7 Å². The summed E-state index contributed by atoms with van der Waals surface area (Å²) in [5.74, 6) is -0.990. The van der Waals surface area contributed by atoms with Crippen LogP contribution in [0.3, 0.4) is 0 Å². The molecule has 0 amide bonds. The zero-order valence-electron chi connectivity index (χ0n) is 17.6. The summed E-state index contributed by atoms with van der Waals surface area (Å²) >= 11 is 0. The Morgan fingerprint density at radius 2 is 1.71 bits per heavy atom. The van der Waals surface area contributed by atoms with Gasteiger partial charge in [-0.2, -0.15) is 10.2 Å². The first-order chi connectivity index (χ1) is 13.3. The fourth-order valence-electron chi connectivity index (χ4n) is 3.11. The van der Waals surface area contributed by atoms with Gasteiger partial charge in [0.15, 0.2) is 0 Å². The summed E-state index contributed by atoms with van der Waals surface area (Å²) in [4.78, 5) is 0. The van der Waals surface area contributed by atoms with E-state index >= 15 is 0 Å². The maximum absolute atomic E-state index is 13.1. The number of aromatic nitrogens is 4. The third-order valence-electron chi connectivity index (χ3n) is 4.73. The van der Waals surface area contributed by atoms with Crippen molar-refractivity contribution in [2.24, 2.45) is 0 Å². The van der Waals surface area contributed by atoms with Gasteiger partial charge in [-0.15, -0.1) is 0 Å². The molecule has 6 heteroatoms. The molecule has 1 aromatic carbocycles. The smallest absolute Gasteiger partial charge is 0.129 e. The first-order valence-corrected chi connectivity index (χ1v) is 9.74. The lowest BCUT2D eigenvalue weighted by molar-refractivity contribution is 0.540. The number of hydrogen-bond donors (Lipinski definition) is 1. The van der Waals surface area contributed by atoms with Crippen LogP contribution in [0, 0.1) is 32.4 Å². The Balaban J connectivity index is 0.000000209. The van der Waals surface area contributed by atoms with Gasteiger partial charge < -0.3 is 0 Å². The van der Waals surface area contributed by atoms with Crippen LogP contribution in [0.4, 0.5) is 8.78 Å². The minimum absolute atomic E-state index is 0.106. The molecule has 28 heavy (non-hydrogen) atoms. The van der Waals surface area contributed by atoms with Crippen molar-refractivity contribution in [3.63, 3.8) is 0 Å². The highest BCUT2D eigenvalue weighted by atomic mass is 19.1. The van der Waals surface area contributed by atoms with Crippen molar-refractivity contribution in [3.05, 3.63) is 58.5 Å². The first kappa shape index (κ1) is 21.8. The van der Waals surface area contributed by atoms with Crippen molar-refractivity contribution >= 4 is 0 Å². The molecule has 2 heterocycles. The first-order valence-electron chi connectivity index (χ1n) is 9.74. The van der Waals surface area contributed by atoms with Gasteiger partial charge in [-0.25, -0.2) is 8.78 Å². The van der Waals surface area contributed by atoms with Crippen LogP contribution >= 0.6 is 0 Å². The second-order valence-corrected chi connectivity index (χ2v) is 7.45. The lowest BCUT2D eigenvalue weighted by Crippen LogP contribution is -2.02. The molecule has 152 valence electrons. The normalized spacial score (nSPS) is 10.9. The zero-order chi connectivity index (χ0) is 20.8. The molecule has 3 rings (SSSR count). The molecule has 2 aromatic heterocycles. The molecule has 0 bridgehead atoms. The van der Waals surface area contributed by atoms with E-state index in [2.05, 4.69) is 40.7 Å². The highest BCUT2D eigenvalue weighted by Crippen LogP contribution is 2.24. The Bertz CT molecular complexity index is 886. The predicted octanol–water partition coefficient (Wildman–Crippen LogP) is 6.09. The van der Waals surface area contributed by atoms with Gasteiger partial charge in [-0.1, -0.05) is 27.2 Å². The quantitative estimate of drug-likeness (QED) is 0.575. The van der Waals surface area contributed by atoms with E-state index in [0.29, 0.717) is 5.56 Å². The van der Waals surface area contributed by atoms with Gasteiger partial charge in [-0.05, 0) is 56.4 Å². The molecule has 0 radical (unpaired) electrons. The van der Waals surface area contributed by atoms with Crippen LogP contribution in [0.5, 0.6) is 0 Å². The number of nitrogens with zero attached hydrogens (tertiary/aromatic N) is 3. The highest BCUT2D eigenvalue weighted by Gasteiger charge is 2.13. The van der Waals surface area contributed by atoms with Crippen LogP contribution in [0.25, 0.3) is 11.3 Å². The summed E-state index contributed by atoms with van der Waals surface area (Å²) in [6.45, 7) is 12.6. The zero-order valence-corrected chi connectivity index (χ0v) is 17.6. The number of aryl methyl sites for hydroxylation is 3. The fourth-order valence-corrected chi connectivity index (χ4v) is 3.11. The number of unbranched alkanes of at least 4 members (excludes halogenated alkanes) is 1. The fraction of sp³-hybridized carbons (Fsp3) is 0.455. The monoisotopic (exact) mass is 388 g/mol. The van der Waals surface area contributed by atoms with E-state index in [9.17, 15) is 8.78 Å². The van der Waals surface area contributed by atoms with Crippen molar-refractivity contribution in [3.8, 4) is 11.3 Å². The Morgan fingerprint density at radius 3 is 2.21 bits per heavy atom. The number of hydrogen-bond acceptors (Lipinski definition) is 2. The molecular weight excluding hydrogens is 358 g/mol. The number of aromatic amines is 1. The number of H-pyrrole nitrogens is 1. The minimum Gasteiger partial charge on any atom is -0.277 e. The lowest BCUT2D eigenvalue weighted by atomic mass is 10.0. The molecule has 3 aromatic rings. The predicted molar refractivity (Wildman–Crippen MR) is 109 cm³/mol. The van der Waals surface area contributed by atoms with Crippen LogP contribution in [0.1, 0.15) is 61.9 Å². The van der Waals surface area contributed by atoms with Crippen LogP contribution in [0.15, 0.2) is 24.5 Å². The standard InChI is InChI=1S/C12H18N4.C10H12F2/c1-4-5-6-16-10(3)11(8-14-16)12-9(2)7-13-15-12;1-6(2)10-8(11)4-7(3)5-9(10)12/h7-8H,4-6H2,1-3H3,(H,13,15);4-6H,1-3H3. The molecule has 0 aliphatic heterocycles. The number of nitrogens with one attached hydrogen (secondary N) is 1. The van der Waals surface area contributed by atoms with E-state index in [-0.39, 0.29) is 11.5 Å². The summed E-state index contributed by atoms with van der Waals surface area (Å²) in [5.41, 5.74) is 5.42. The number of rotatable bonds is 5. The Kier molecular flexibility index (Phi) is 7.49. The molecule has 0 saturated carbocycles. The summed E-state index contributed by atoms with van der Waals surface area (Å²) in [7, 11) is 0. The van der Waals surface area contributed by atoms with Crippen LogP contribution in [-0.4, -0.2) is 20.0 Å². The highest BCUT2D eigenvalue weighted by molar-refractivity contribution is 5.63. The van der Waals surface area contributed by atoms with E-state index in [1.807, 2.05) is 12.4 Å². The summed E-state index contributed by atoms with van der Waals surface area (Å²) in [6.07, 6.45) is 6.13. The molecule has 0 saturated heterocycles. The van der Waals surface area contributed by atoms with Crippen molar-refractivity contribution < 1.29 is 8.78 Å². The third-order valence-corrected chi connectivity index (χ3v) is 4.73. The summed E-state index contributed by atoms with van der Waals surface area (Å²) < 4.78 is 28.3. The number of benzene rings is 1. The summed E-state index contributed by atoms with van der Waals surface area (Å²) in [6, 6.07) is 2.72. The average molecular weight is 389 g/mol. The van der Waals surface area contributed by atoms with E-state index in [0.717, 1.165) is 23.4 Å². The molecular formula is C22H30F2N4. The topological polar surface area (TPSA) is 46.5 Å². The van der Waals surface area contributed by atoms with Gasteiger partial charge in [-0.3, -0.25) is 9.78 Å². The SMILES string of the molecule is CCCCn1ncc(-c2[nH]ncc2C)c1C.Cc1cc(F)c(C(C)C)c(F)c1. The Morgan fingerprint density at radius 1 is 1.07 bits per heavy atom. The van der Waals surface area contributed by atoms with Crippen molar-refractivity contribution in [1.29, 1.82) is 0 Å². The average Bonchev–Trinajstić information content (AvgIpc) is 3.17. The van der Waals surface area contributed by atoms with Crippen molar-refractivity contribution in [1.82, 2.24) is 20.0 Å². The van der Waals surface area contributed by atoms with E-state index < -0.39 is 11.6 Å². The van der Waals surface area contributed by atoms with Crippen molar-refractivity contribution in [2.75, 3.05) is 0 Å². The second-order valence-electron chi connectivity index (χ2n) is 7.45. The van der Waals surface area contributed by atoms with Crippen LogP contribution in [0.2, 0.25) is 0 Å². The molecule has 0 unspecified atom stereocenters. The molecule has 4 nitrogen and oxygen atoms in total. The summed E-state index contributed by atoms with van der Waals surface area (Å²) in [5, 5.41) is 11.5. The Labute approximate surface area is 166 Å². The maximum atomic E-state index is 13.1. The largest absolute Gasteiger partial charge is 0.277 e. The molecule has 0 fully saturated rings. The third kappa shape index (κ3) is 5.06. The van der Waals surface area contributed by atoms with Crippen LogP contribution < -0.4 is 0 Å². The van der Waals surface area contributed by atoms with Gasteiger partial charge in [0.1, 0.15) is 11.6 Å².